The van der Waals surface area contributed by atoms with Gasteiger partial charge in [0.05, 0.1) is 5.75 Å². The van der Waals surface area contributed by atoms with Crippen LogP contribution in [-0.2, 0) is 22.3 Å². The largest absolute Gasteiger partial charge is 0.348 e. The minimum atomic E-state index is -3.33. The molecule has 5 nitrogen and oxygen atoms in total. The Labute approximate surface area is 143 Å². The van der Waals surface area contributed by atoms with Crippen LogP contribution in [0.2, 0.25) is 0 Å². The fourth-order valence-corrected chi connectivity index (χ4v) is 3.68. The fourth-order valence-electron chi connectivity index (χ4n) is 2.25. The highest BCUT2D eigenvalue weighted by Gasteiger charge is 2.12. The van der Waals surface area contributed by atoms with Crippen LogP contribution in [0.25, 0.3) is 0 Å². The molecule has 0 spiro atoms. The Bertz CT molecular complexity index is 770. The van der Waals surface area contributed by atoms with E-state index in [-0.39, 0.29) is 17.7 Å². The second kappa shape index (κ2) is 8.08. The van der Waals surface area contributed by atoms with Crippen LogP contribution in [0.5, 0.6) is 0 Å². The zero-order chi connectivity index (χ0) is 17.6. The third-order valence-corrected chi connectivity index (χ3v) is 4.83. The van der Waals surface area contributed by atoms with E-state index in [1.807, 2.05) is 30.3 Å². The van der Waals surface area contributed by atoms with E-state index in [1.54, 1.807) is 38.1 Å². The van der Waals surface area contributed by atoms with Crippen molar-refractivity contribution in [2.24, 2.45) is 0 Å². The summed E-state index contributed by atoms with van der Waals surface area (Å²) in [5.41, 5.74) is 2.23. The molecule has 0 aliphatic carbocycles. The number of benzene rings is 2. The molecule has 2 aromatic carbocycles. The maximum absolute atomic E-state index is 12.0. The molecule has 0 atom stereocenters. The molecule has 2 aromatic rings. The Kier molecular flexibility index (Phi) is 6.11. The van der Waals surface area contributed by atoms with Crippen molar-refractivity contribution in [2.75, 3.05) is 0 Å². The average Bonchev–Trinajstić information content (AvgIpc) is 2.53. The first-order chi connectivity index (χ1) is 11.4. The topological polar surface area (TPSA) is 75.3 Å². The summed E-state index contributed by atoms with van der Waals surface area (Å²) in [4.78, 5) is 12.0. The Morgan fingerprint density at radius 1 is 0.958 bits per heavy atom. The molecule has 0 fully saturated rings. The van der Waals surface area contributed by atoms with Crippen LogP contribution in [0.4, 0.5) is 0 Å². The van der Waals surface area contributed by atoms with Gasteiger partial charge in [0.2, 0.25) is 10.0 Å². The zero-order valence-corrected chi connectivity index (χ0v) is 14.6. The van der Waals surface area contributed by atoms with Crippen LogP contribution in [-0.4, -0.2) is 20.4 Å². The van der Waals surface area contributed by atoms with Crippen molar-refractivity contribution in [3.05, 3.63) is 71.3 Å². The van der Waals surface area contributed by atoms with Gasteiger partial charge in [0, 0.05) is 18.2 Å². The van der Waals surface area contributed by atoms with Crippen molar-refractivity contribution in [1.29, 1.82) is 0 Å². The van der Waals surface area contributed by atoms with Crippen molar-refractivity contribution in [1.82, 2.24) is 10.0 Å². The predicted molar refractivity (Wildman–Crippen MR) is 94.9 cm³/mol. The molecule has 2 rings (SSSR count). The highest BCUT2D eigenvalue weighted by Crippen LogP contribution is 2.09. The Balaban J connectivity index is 1.92. The van der Waals surface area contributed by atoms with Gasteiger partial charge < -0.3 is 5.32 Å². The van der Waals surface area contributed by atoms with Crippen LogP contribution in [0.1, 0.15) is 35.3 Å². The summed E-state index contributed by atoms with van der Waals surface area (Å²) in [5.74, 6) is -0.189. The van der Waals surface area contributed by atoms with E-state index >= 15 is 0 Å². The van der Waals surface area contributed by atoms with E-state index in [2.05, 4.69) is 10.0 Å². The van der Waals surface area contributed by atoms with Gasteiger partial charge in [-0.15, -0.1) is 0 Å². The quantitative estimate of drug-likeness (QED) is 0.808. The average molecular weight is 346 g/mol. The number of hydrogen-bond donors (Lipinski definition) is 2. The fraction of sp³-hybridized carbons (Fsp3) is 0.278. The van der Waals surface area contributed by atoms with Gasteiger partial charge in [-0.25, -0.2) is 13.1 Å². The van der Waals surface area contributed by atoms with Gasteiger partial charge in [-0.1, -0.05) is 42.5 Å². The highest BCUT2D eigenvalue weighted by atomic mass is 32.2. The lowest BCUT2D eigenvalue weighted by Crippen LogP contribution is -2.31. The molecular formula is C18H22N2O3S. The molecular weight excluding hydrogens is 324 g/mol. The number of sulfonamides is 1. The summed E-state index contributed by atoms with van der Waals surface area (Å²) in [7, 11) is -3.33. The number of amides is 1. The standard InChI is InChI=1S/C18H22N2O3S/c1-14(2)20-24(22,23)13-16-10-8-15(9-11-16)12-19-18(21)17-6-4-3-5-7-17/h3-11,14,20H,12-13H2,1-2H3,(H,19,21). The number of carbonyl (C=O) groups is 1. The summed E-state index contributed by atoms with van der Waals surface area (Å²) in [6.07, 6.45) is 0. The third-order valence-electron chi connectivity index (χ3n) is 3.28. The lowest BCUT2D eigenvalue weighted by atomic mass is 10.1. The molecule has 0 aromatic heterocycles. The lowest BCUT2D eigenvalue weighted by Gasteiger charge is -2.10. The van der Waals surface area contributed by atoms with Crippen LogP contribution < -0.4 is 10.0 Å². The second-order valence-corrected chi connectivity index (χ2v) is 7.65. The summed E-state index contributed by atoms with van der Waals surface area (Å²) >= 11 is 0. The van der Waals surface area contributed by atoms with Crippen molar-refractivity contribution in [2.45, 2.75) is 32.2 Å². The third kappa shape index (κ3) is 5.79. The monoisotopic (exact) mass is 346 g/mol. The van der Waals surface area contributed by atoms with Gasteiger partial charge in [-0.05, 0) is 37.1 Å². The Morgan fingerprint density at radius 3 is 2.12 bits per heavy atom. The maximum atomic E-state index is 12.0. The van der Waals surface area contributed by atoms with Gasteiger partial charge in [0.15, 0.2) is 0 Å². The van der Waals surface area contributed by atoms with Crippen LogP contribution in [0.3, 0.4) is 0 Å². The van der Waals surface area contributed by atoms with Crippen LogP contribution >= 0.6 is 0 Å². The Hall–Kier alpha value is -2.18. The number of hydrogen-bond acceptors (Lipinski definition) is 3. The number of rotatable bonds is 7. The molecule has 0 unspecified atom stereocenters. The van der Waals surface area contributed by atoms with Gasteiger partial charge in [0.1, 0.15) is 0 Å². The first-order valence-corrected chi connectivity index (χ1v) is 9.42. The van der Waals surface area contributed by atoms with Crippen LogP contribution in [0, 0.1) is 0 Å². The smallest absolute Gasteiger partial charge is 0.251 e. The molecule has 1 amide bonds. The molecule has 0 radical (unpaired) electrons. The molecule has 0 aliphatic rings. The lowest BCUT2D eigenvalue weighted by molar-refractivity contribution is 0.0951. The van der Waals surface area contributed by atoms with E-state index in [0.29, 0.717) is 17.7 Å². The molecule has 0 heterocycles. The predicted octanol–water partition coefficient (Wildman–Crippen LogP) is 2.44. The maximum Gasteiger partial charge on any atom is 0.251 e. The minimum absolute atomic E-state index is 0.0537. The van der Waals surface area contributed by atoms with Gasteiger partial charge >= 0.3 is 0 Å². The summed E-state index contributed by atoms with van der Waals surface area (Å²) in [5, 5.41) is 2.84. The van der Waals surface area contributed by atoms with Crippen LogP contribution in [0.15, 0.2) is 54.6 Å². The summed E-state index contributed by atoms with van der Waals surface area (Å²) < 4.78 is 26.4. The van der Waals surface area contributed by atoms with E-state index < -0.39 is 10.0 Å². The zero-order valence-electron chi connectivity index (χ0n) is 13.8. The van der Waals surface area contributed by atoms with E-state index in [9.17, 15) is 13.2 Å². The molecule has 6 heteroatoms. The van der Waals surface area contributed by atoms with Crippen molar-refractivity contribution in [3.63, 3.8) is 0 Å². The van der Waals surface area contributed by atoms with Gasteiger partial charge in [0.25, 0.3) is 5.91 Å². The van der Waals surface area contributed by atoms with Crippen molar-refractivity contribution < 1.29 is 13.2 Å². The molecule has 0 aliphatic heterocycles. The van der Waals surface area contributed by atoms with Gasteiger partial charge in [-0.2, -0.15) is 0 Å². The molecule has 0 bridgehead atoms. The Morgan fingerprint density at radius 2 is 1.54 bits per heavy atom. The van der Waals surface area contributed by atoms with Crippen molar-refractivity contribution >= 4 is 15.9 Å². The summed E-state index contributed by atoms with van der Waals surface area (Å²) in [6.45, 7) is 3.97. The van der Waals surface area contributed by atoms with Gasteiger partial charge in [-0.3, -0.25) is 4.79 Å². The molecule has 24 heavy (non-hydrogen) atoms. The molecule has 0 saturated heterocycles. The number of carbonyl (C=O) groups excluding carboxylic acids is 1. The van der Waals surface area contributed by atoms with Crippen molar-refractivity contribution in [3.8, 4) is 0 Å². The first kappa shape index (κ1) is 18.2. The molecule has 2 N–H and O–H groups in total. The second-order valence-electron chi connectivity index (χ2n) is 5.90. The minimum Gasteiger partial charge on any atom is -0.348 e. The highest BCUT2D eigenvalue weighted by molar-refractivity contribution is 7.88. The number of nitrogens with one attached hydrogen (secondary N) is 2. The SMILES string of the molecule is CC(C)NS(=O)(=O)Cc1ccc(CNC(=O)c2ccccc2)cc1. The first-order valence-electron chi connectivity index (χ1n) is 7.77. The van der Waals surface area contributed by atoms with E-state index in [0.717, 1.165) is 5.56 Å². The van der Waals surface area contributed by atoms with E-state index in [1.165, 1.54) is 0 Å². The normalized spacial score (nSPS) is 11.5. The van der Waals surface area contributed by atoms with E-state index in [4.69, 9.17) is 0 Å². The molecule has 128 valence electrons. The molecule has 0 saturated carbocycles. The summed E-state index contributed by atoms with van der Waals surface area (Å²) in [6, 6.07) is 16.1.